The molecule has 0 saturated carbocycles. The van der Waals surface area contributed by atoms with Gasteiger partial charge in [-0.05, 0) is 55.1 Å². The van der Waals surface area contributed by atoms with Crippen LogP contribution in [0.2, 0.25) is 0 Å². The van der Waals surface area contributed by atoms with Crippen molar-refractivity contribution in [3.63, 3.8) is 0 Å². The molecule has 2 aromatic heterocycles. The summed E-state index contributed by atoms with van der Waals surface area (Å²) in [6.07, 6.45) is 2.88. The average Bonchev–Trinajstić information content (AvgIpc) is 3.94. The Morgan fingerprint density at radius 3 is 1.99 bits per heavy atom. The number of primary amides is 2. The Labute approximate surface area is 407 Å². The number of nitrogens with one attached hydrogen (secondary N) is 9. The van der Waals surface area contributed by atoms with Gasteiger partial charge in [-0.25, -0.2) is 4.98 Å². The van der Waals surface area contributed by atoms with Gasteiger partial charge in [0.2, 0.25) is 53.2 Å². The number of H-pyrrole nitrogens is 2. The number of benzene rings is 1. The molecule has 9 amide bonds. The number of rotatable bonds is 28. The second kappa shape index (κ2) is 26.8. The topological polar surface area (TPSA) is 381 Å². The van der Waals surface area contributed by atoms with E-state index in [1.807, 2.05) is 58.9 Å². The van der Waals surface area contributed by atoms with Crippen molar-refractivity contribution >= 4 is 64.1 Å². The highest BCUT2D eigenvalue weighted by molar-refractivity contribution is 5.96. The molecule has 70 heavy (non-hydrogen) atoms. The molecule has 23 heteroatoms. The predicted molar refractivity (Wildman–Crippen MR) is 259 cm³/mol. The first-order valence-electron chi connectivity index (χ1n) is 23.4. The predicted octanol–water partition coefficient (Wildman–Crippen LogP) is -1.31. The maximum Gasteiger partial charge on any atom is 0.243 e. The molecule has 0 bridgehead atoms. The Balaban J connectivity index is 1.68. The van der Waals surface area contributed by atoms with Crippen molar-refractivity contribution in [2.45, 2.75) is 149 Å². The number of carbonyl (C=O) groups is 9. The Hall–Kier alpha value is -6.88. The number of para-hydroxylation sites is 1. The maximum atomic E-state index is 13.9. The first-order chi connectivity index (χ1) is 32.7. The normalized spacial score (nSPS) is 15.0. The number of hydrogen-bond acceptors (Lipinski definition) is 12. The summed E-state index contributed by atoms with van der Waals surface area (Å²) in [6, 6.07) is -0.674. The smallest absolute Gasteiger partial charge is 0.243 e. The number of hydrogen-bond donors (Lipinski definition) is 13. The summed E-state index contributed by atoms with van der Waals surface area (Å²) in [5.74, 6) is -7.05. The molecule has 0 spiro atoms. The summed E-state index contributed by atoms with van der Waals surface area (Å²) in [7, 11) is 0. The van der Waals surface area contributed by atoms with Crippen molar-refractivity contribution in [3.05, 3.63) is 54.2 Å². The van der Waals surface area contributed by atoms with Crippen molar-refractivity contribution in [2.75, 3.05) is 6.54 Å². The first kappa shape index (κ1) is 57.4. The third kappa shape index (κ3) is 19.3. The van der Waals surface area contributed by atoms with E-state index in [0.717, 1.165) is 10.9 Å². The fraction of sp³-hybridized carbons (Fsp3) is 0.574. The molecular weight excluding hydrogens is 907 g/mol. The number of nitrogens with two attached hydrogens (primary N) is 3. The number of fused-ring (bicyclic) bond motifs is 1. The highest BCUT2D eigenvalue weighted by atomic mass is 16.3. The molecule has 16 N–H and O–H groups in total. The molecular formula is C47H73N13O10. The van der Waals surface area contributed by atoms with E-state index in [1.165, 1.54) is 19.4 Å². The van der Waals surface area contributed by atoms with Crippen LogP contribution in [0.3, 0.4) is 0 Å². The van der Waals surface area contributed by atoms with E-state index in [2.05, 4.69) is 52.2 Å². The van der Waals surface area contributed by atoms with E-state index in [1.54, 1.807) is 20.0 Å². The molecule has 0 radical (unpaired) electrons. The van der Waals surface area contributed by atoms with Gasteiger partial charge < -0.3 is 69.5 Å². The SMILES string of the molecule is CC(C)C[C@@H](NC(=O)[C@H](Cc1cnc[nH]1)NC(=O)CNC(=O)[C@@H](NC(=O)[C@H](C)NC(=O)[C@@H](Cc1c[nH]c2ccccc12)NC(=O)[C@@H](N)CCC(N)=O)C(C)C)[C@H](O)CC(=O)N[C@@H](CC(C)(C)C)C(N)=O. The fourth-order valence-corrected chi connectivity index (χ4v) is 7.50. The Morgan fingerprint density at radius 1 is 0.743 bits per heavy atom. The van der Waals surface area contributed by atoms with Crippen molar-refractivity contribution in [1.29, 1.82) is 0 Å². The molecule has 386 valence electrons. The molecule has 0 saturated heterocycles. The monoisotopic (exact) mass is 980 g/mol. The molecule has 0 aliphatic rings. The summed E-state index contributed by atoms with van der Waals surface area (Å²) in [5.41, 5.74) is 18.4. The highest BCUT2D eigenvalue weighted by Gasteiger charge is 2.33. The third-order valence-corrected chi connectivity index (χ3v) is 11.2. The lowest BCUT2D eigenvalue weighted by Gasteiger charge is -2.29. The van der Waals surface area contributed by atoms with Crippen LogP contribution in [0.25, 0.3) is 10.9 Å². The number of carbonyl (C=O) groups excluding carboxylic acids is 9. The molecule has 1 aromatic carbocycles. The lowest BCUT2D eigenvalue weighted by Crippen LogP contribution is -2.59. The number of aromatic nitrogens is 3. The van der Waals surface area contributed by atoms with Crippen molar-refractivity contribution < 1.29 is 48.3 Å². The molecule has 2 heterocycles. The zero-order valence-corrected chi connectivity index (χ0v) is 41.3. The minimum atomic E-state index is -1.39. The largest absolute Gasteiger partial charge is 0.390 e. The third-order valence-electron chi connectivity index (χ3n) is 11.2. The molecule has 0 fully saturated rings. The van der Waals surface area contributed by atoms with Gasteiger partial charge in [-0.2, -0.15) is 0 Å². The number of imidazole rings is 1. The molecule has 3 aromatic rings. The maximum absolute atomic E-state index is 13.9. The molecule has 8 atom stereocenters. The molecule has 3 rings (SSSR count). The van der Waals surface area contributed by atoms with Crippen LogP contribution < -0.4 is 54.4 Å². The van der Waals surface area contributed by atoms with Gasteiger partial charge in [0, 0.05) is 48.3 Å². The van der Waals surface area contributed by atoms with Crippen LogP contribution in [-0.2, 0) is 56.0 Å². The molecule has 0 unspecified atom stereocenters. The zero-order valence-electron chi connectivity index (χ0n) is 41.3. The number of nitrogens with zero attached hydrogens (tertiary/aromatic N) is 1. The van der Waals surface area contributed by atoms with Gasteiger partial charge >= 0.3 is 0 Å². The molecule has 23 nitrogen and oxygen atoms in total. The van der Waals surface area contributed by atoms with E-state index in [-0.39, 0.29) is 49.9 Å². The quantitative estimate of drug-likeness (QED) is 0.0404. The lowest BCUT2D eigenvalue weighted by atomic mass is 9.87. The summed E-state index contributed by atoms with van der Waals surface area (Å²) in [4.78, 5) is 128. The van der Waals surface area contributed by atoms with Gasteiger partial charge in [-0.3, -0.25) is 43.2 Å². The Bertz CT molecular complexity index is 2270. The van der Waals surface area contributed by atoms with Crippen LogP contribution in [0.15, 0.2) is 43.0 Å². The second-order valence-corrected chi connectivity index (χ2v) is 19.6. The van der Waals surface area contributed by atoms with Gasteiger partial charge in [0.15, 0.2) is 0 Å². The van der Waals surface area contributed by atoms with Crippen LogP contribution in [0.1, 0.15) is 98.8 Å². The van der Waals surface area contributed by atoms with E-state index in [0.29, 0.717) is 11.3 Å². The zero-order chi connectivity index (χ0) is 52.5. The second-order valence-electron chi connectivity index (χ2n) is 19.6. The van der Waals surface area contributed by atoms with Crippen molar-refractivity contribution in [3.8, 4) is 0 Å². The van der Waals surface area contributed by atoms with E-state index in [4.69, 9.17) is 17.2 Å². The average molecular weight is 980 g/mol. The van der Waals surface area contributed by atoms with Gasteiger partial charge in [0.05, 0.1) is 37.5 Å². The van der Waals surface area contributed by atoms with Gasteiger partial charge in [-0.1, -0.05) is 66.7 Å². The van der Waals surface area contributed by atoms with E-state index >= 15 is 0 Å². The summed E-state index contributed by atoms with van der Waals surface area (Å²) >= 11 is 0. The van der Waals surface area contributed by atoms with Crippen molar-refractivity contribution in [2.24, 2.45) is 34.5 Å². The summed E-state index contributed by atoms with van der Waals surface area (Å²) in [5, 5.41) is 30.3. The Kier molecular flexibility index (Phi) is 22.0. The van der Waals surface area contributed by atoms with Gasteiger partial charge in [0.25, 0.3) is 0 Å². The Morgan fingerprint density at radius 2 is 1.39 bits per heavy atom. The highest BCUT2D eigenvalue weighted by Crippen LogP contribution is 2.22. The summed E-state index contributed by atoms with van der Waals surface area (Å²) in [6.45, 7) is 13.4. The van der Waals surface area contributed by atoms with Crippen molar-refractivity contribution in [1.82, 2.24) is 52.2 Å². The molecule has 0 aliphatic heterocycles. The van der Waals surface area contributed by atoms with Gasteiger partial charge in [-0.15, -0.1) is 0 Å². The van der Waals surface area contributed by atoms with Crippen LogP contribution in [0.4, 0.5) is 0 Å². The fourth-order valence-electron chi connectivity index (χ4n) is 7.50. The molecule has 0 aliphatic carbocycles. The minimum absolute atomic E-state index is 0.000782. The van der Waals surface area contributed by atoms with Gasteiger partial charge in [0.1, 0.15) is 30.2 Å². The van der Waals surface area contributed by atoms with E-state index < -0.39 is 120 Å². The van der Waals surface area contributed by atoms with E-state index in [9.17, 15) is 48.3 Å². The number of aromatic amines is 2. The van der Waals surface area contributed by atoms with Crippen LogP contribution in [0, 0.1) is 17.3 Å². The lowest BCUT2D eigenvalue weighted by molar-refractivity contribution is -0.134. The van der Waals surface area contributed by atoms with Crippen LogP contribution in [0.5, 0.6) is 0 Å². The minimum Gasteiger partial charge on any atom is -0.390 e. The van der Waals surface area contributed by atoms with Crippen LogP contribution >= 0.6 is 0 Å². The number of aliphatic hydroxyl groups is 1. The first-order valence-corrected chi connectivity index (χ1v) is 23.4. The number of amides is 9. The standard InChI is InChI=1S/C47H73N13O10/c1-24(2)15-32(36(61)18-38(63)57-35(41(50)65)19-47(6,7)8)58-45(69)34(17-28-21-51-23-54-28)56-39(64)22-53-46(70)40(25(3)4)60-42(66)26(5)55-44(68)33(59-43(67)30(48)13-14-37(49)62)16-27-20-52-31-12-10-9-11-29(27)31/h9-12,20-21,23-26,30,32-36,40,52,61H,13-19,22,48H2,1-8H3,(H2,49,62)(H2,50,65)(H,51,54)(H,53,70)(H,55,68)(H,56,64)(H,57,63)(H,58,69)(H,59,67)(H,60,66)/t26-,30-,32+,33+,34-,35-,36+,40-/m0/s1. The van der Waals surface area contributed by atoms with Crippen LogP contribution in [-0.4, -0.2) is 128 Å². The number of aliphatic hydroxyl groups excluding tert-OH is 1. The summed E-state index contributed by atoms with van der Waals surface area (Å²) < 4.78 is 0.